The molecule has 30 heavy (non-hydrogen) atoms. The number of rotatable bonds is 2. The monoisotopic (exact) mass is 408 g/mol. The van der Waals surface area contributed by atoms with Gasteiger partial charge in [-0.05, 0) is 44.0 Å². The van der Waals surface area contributed by atoms with Crippen LogP contribution in [0.3, 0.4) is 0 Å². The number of nitrogens with zero attached hydrogens (tertiary/aromatic N) is 4. The minimum atomic E-state index is -0.866. The van der Waals surface area contributed by atoms with Gasteiger partial charge >= 0.3 is 6.09 Å². The van der Waals surface area contributed by atoms with Gasteiger partial charge in [-0.15, -0.1) is 0 Å². The number of benzene rings is 1. The van der Waals surface area contributed by atoms with Gasteiger partial charge in [0.2, 0.25) is 0 Å². The molecule has 0 saturated heterocycles. The number of ether oxygens (including phenoxy) is 1. The molecule has 2 aromatic heterocycles. The van der Waals surface area contributed by atoms with Crippen LogP contribution in [0.5, 0.6) is 0 Å². The van der Waals surface area contributed by atoms with Crippen LogP contribution in [-0.2, 0) is 11.8 Å². The summed E-state index contributed by atoms with van der Waals surface area (Å²) in [6.45, 7) is 5.08. The molecule has 1 aliphatic heterocycles. The van der Waals surface area contributed by atoms with E-state index in [2.05, 4.69) is 4.98 Å². The Bertz CT molecular complexity index is 1210. The highest BCUT2D eigenvalue weighted by molar-refractivity contribution is 6.10. The predicted octanol–water partition coefficient (Wildman–Crippen LogP) is 3.96. The number of amides is 2. The summed E-state index contributed by atoms with van der Waals surface area (Å²) in [7, 11) is 1.84. The molecule has 2 amide bonds. The van der Waals surface area contributed by atoms with E-state index in [0.29, 0.717) is 16.8 Å². The van der Waals surface area contributed by atoms with E-state index in [0.717, 1.165) is 10.3 Å². The van der Waals surface area contributed by atoms with Crippen LogP contribution in [0.25, 0.3) is 11.0 Å². The first kappa shape index (κ1) is 19.6. The van der Waals surface area contributed by atoms with E-state index >= 15 is 0 Å². The second-order valence-corrected chi connectivity index (χ2v) is 8.12. The Morgan fingerprint density at radius 2 is 1.93 bits per heavy atom. The number of carbonyl (C=O) groups excluding carboxylic acids is 2. The van der Waals surface area contributed by atoms with Crippen molar-refractivity contribution >= 4 is 28.7 Å². The molecule has 0 fully saturated rings. The van der Waals surface area contributed by atoms with Crippen molar-refractivity contribution in [2.75, 3.05) is 0 Å². The van der Waals surface area contributed by atoms with Crippen LogP contribution in [0.15, 0.2) is 42.7 Å². The highest BCUT2D eigenvalue weighted by atomic mass is 16.6. The van der Waals surface area contributed by atoms with E-state index in [1.165, 1.54) is 12.1 Å². The summed E-state index contributed by atoms with van der Waals surface area (Å²) in [5.41, 5.74) is 0.410. The molecule has 9 nitrogen and oxygen atoms in total. The van der Waals surface area contributed by atoms with Crippen LogP contribution in [0.2, 0.25) is 0 Å². The van der Waals surface area contributed by atoms with E-state index in [-0.39, 0.29) is 11.3 Å². The molecule has 1 aromatic carbocycles. The van der Waals surface area contributed by atoms with E-state index in [1.807, 2.05) is 23.9 Å². The number of nitro benzene ring substituents is 1. The van der Waals surface area contributed by atoms with Gasteiger partial charge in [-0.25, -0.2) is 14.7 Å². The van der Waals surface area contributed by atoms with Gasteiger partial charge in [0.15, 0.2) is 0 Å². The lowest BCUT2D eigenvalue weighted by Crippen LogP contribution is -2.39. The van der Waals surface area contributed by atoms with Crippen molar-refractivity contribution in [2.24, 2.45) is 7.05 Å². The van der Waals surface area contributed by atoms with Crippen molar-refractivity contribution in [1.82, 2.24) is 14.5 Å². The Labute approximate surface area is 172 Å². The number of imide groups is 1. The summed E-state index contributed by atoms with van der Waals surface area (Å²) >= 11 is 0. The number of carbonyl (C=O) groups is 2. The van der Waals surface area contributed by atoms with Crippen molar-refractivity contribution in [2.45, 2.75) is 32.4 Å². The molecule has 154 valence electrons. The third kappa shape index (κ3) is 2.99. The zero-order valence-electron chi connectivity index (χ0n) is 16.9. The summed E-state index contributed by atoms with van der Waals surface area (Å²) in [5, 5.41) is 12.3. The molecule has 0 bridgehead atoms. The van der Waals surface area contributed by atoms with Crippen molar-refractivity contribution in [3.05, 3.63) is 69.5 Å². The predicted molar refractivity (Wildman–Crippen MR) is 108 cm³/mol. The highest BCUT2D eigenvalue weighted by Gasteiger charge is 2.47. The molecule has 0 N–H and O–H groups in total. The molecule has 9 heteroatoms. The number of pyridine rings is 1. The molecule has 0 spiro atoms. The number of aromatic nitrogens is 2. The maximum absolute atomic E-state index is 13.3. The Morgan fingerprint density at radius 3 is 2.60 bits per heavy atom. The van der Waals surface area contributed by atoms with Crippen LogP contribution in [0.1, 0.15) is 48.3 Å². The molecule has 4 rings (SSSR count). The average Bonchev–Trinajstić information content (AvgIpc) is 3.18. The largest absolute Gasteiger partial charge is 0.443 e. The van der Waals surface area contributed by atoms with Crippen LogP contribution in [0, 0.1) is 10.1 Å². The van der Waals surface area contributed by atoms with E-state index in [1.54, 1.807) is 39.1 Å². The first-order valence-electron chi connectivity index (χ1n) is 9.34. The number of hydrogen-bond acceptors (Lipinski definition) is 6. The summed E-state index contributed by atoms with van der Waals surface area (Å²) < 4.78 is 7.29. The maximum Gasteiger partial charge on any atom is 0.418 e. The molecular formula is C21H20N4O5. The van der Waals surface area contributed by atoms with Gasteiger partial charge in [-0.2, -0.15) is 0 Å². The topological polar surface area (TPSA) is 108 Å². The van der Waals surface area contributed by atoms with Crippen LogP contribution in [0.4, 0.5) is 10.5 Å². The molecule has 3 aromatic rings. The number of hydrogen-bond donors (Lipinski definition) is 0. The molecule has 1 aliphatic rings. The lowest BCUT2D eigenvalue weighted by Gasteiger charge is -2.28. The lowest BCUT2D eigenvalue weighted by atomic mass is 9.96. The van der Waals surface area contributed by atoms with Crippen LogP contribution >= 0.6 is 0 Å². The molecule has 0 radical (unpaired) electrons. The Morgan fingerprint density at radius 1 is 1.20 bits per heavy atom. The van der Waals surface area contributed by atoms with Gasteiger partial charge in [0.05, 0.1) is 11.0 Å². The van der Waals surface area contributed by atoms with Crippen molar-refractivity contribution in [3.63, 3.8) is 0 Å². The summed E-state index contributed by atoms with van der Waals surface area (Å²) in [4.78, 5) is 42.6. The van der Waals surface area contributed by atoms with E-state index in [9.17, 15) is 19.7 Å². The van der Waals surface area contributed by atoms with Crippen molar-refractivity contribution in [3.8, 4) is 0 Å². The van der Waals surface area contributed by atoms with Crippen LogP contribution < -0.4 is 0 Å². The molecule has 3 heterocycles. The average molecular weight is 408 g/mol. The second kappa shape index (κ2) is 6.65. The van der Waals surface area contributed by atoms with E-state index in [4.69, 9.17) is 4.74 Å². The van der Waals surface area contributed by atoms with E-state index < -0.39 is 28.6 Å². The Balaban J connectivity index is 1.97. The third-order valence-electron chi connectivity index (χ3n) is 4.94. The first-order valence-corrected chi connectivity index (χ1v) is 9.34. The smallest absolute Gasteiger partial charge is 0.418 e. The number of aryl methyl sites for hydroxylation is 1. The SMILES string of the molecule is Cn1ccc2c(C3c4cccc([N+](=O)[O-])c4C(=O)N3C(=O)OC(C)(C)C)ccnc21. The van der Waals surface area contributed by atoms with Gasteiger partial charge < -0.3 is 9.30 Å². The minimum Gasteiger partial charge on any atom is -0.443 e. The Kier molecular flexibility index (Phi) is 4.34. The van der Waals surface area contributed by atoms with Crippen molar-refractivity contribution in [1.29, 1.82) is 0 Å². The van der Waals surface area contributed by atoms with Crippen molar-refractivity contribution < 1.29 is 19.2 Å². The second-order valence-electron chi connectivity index (χ2n) is 8.12. The maximum atomic E-state index is 13.3. The fraction of sp³-hybridized carbons (Fsp3) is 0.286. The summed E-state index contributed by atoms with van der Waals surface area (Å²) in [5.74, 6) is -0.752. The van der Waals surface area contributed by atoms with Gasteiger partial charge in [-0.3, -0.25) is 14.9 Å². The van der Waals surface area contributed by atoms with Gasteiger partial charge in [0.1, 0.15) is 16.8 Å². The highest BCUT2D eigenvalue weighted by Crippen LogP contribution is 2.44. The molecule has 0 saturated carbocycles. The third-order valence-corrected chi connectivity index (χ3v) is 4.94. The zero-order valence-corrected chi connectivity index (χ0v) is 16.9. The quantitative estimate of drug-likeness (QED) is 0.469. The van der Waals surface area contributed by atoms with Gasteiger partial charge in [0.25, 0.3) is 11.6 Å². The summed E-state index contributed by atoms with van der Waals surface area (Å²) in [6, 6.07) is 7.09. The fourth-order valence-corrected chi connectivity index (χ4v) is 3.78. The fourth-order valence-electron chi connectivity index (χ4n) is 3.78. The summed E-state index contributed by atoms with van der Waals surface area (Å²) in [6.07, 6.45) is 2.55. The zero-order chi connectivity index (χ0) is 21.8. The number of nitro groups is 1. The van der Waals surface area contributed by atoms with Crippen LogP contribution in [-0.4, -0.2) is 37.0 Å². The van der Waals surface area contributed by atoms with Gasteiger partial charge in [-0.1, -0.05) is 12.1 Å². The molecule has 0 aliphatic carbocycles. The van der Waals surface area contributed by atoms with Gasteiger partial charge in [0, 0.05) is 30.9 Å². The molecular weight excluding hydrogens is 388 g/mol. The first-order chi connectivity index (χ1) is 14.1. The molecule has 1 unspecified atom stereocenters. The standard InChI is InChI=1S/C21H20N4O5/c1-21(2,3)30-20(27)24-17(12-8-10-22-18-13(12)9-11-23(18)4)14-6-5-7-15(25(28)29)16(14)19(24)26/h5-11,17H,1-4H3. The lowest BCUT2D eigenvalue weighted by molar-refractivity contribution is -0.385. The molecule has 1 atom stereocenters. The Hall–Kier alpha value is -3.75. The number of fused-ring (bicyclic) bond motifs is 2. The minimum absolute atomic E-state index is 0.0979. The normalized spacial score (nSPS) is 16.1.